The number of benzene rings is 2. The summed E-state index contributed by atoms with van der Waals surface area (Å²) >= 11 is 6.36. The van der Waals surface area contributed by atoms with Gasteiger partial charge in [0.1, 0.15) is 5.75 Å². The minimum absolute atomic E-state index is 0.0963. The van der Waals surface area contributed by atoms with Crippen molar-refractivity contribution in [3.8, 4) is 5.75 Å². The SMILES string of the molecule is CCOc1ccc(Cl)cc1C(c1cc(C)cc(C)c1)N1CCCC(C(=O)O)C1. The van der Waals surface area contributed by atoms with Crippen molar-refractivity contribution < 1.29 is 14.6 Å². The first-order chi connectivity index (χ1) is 13.4. The zero-order chi connectivity index (χ0) is 20.3. The molecule has 2 atom stereocenters. The Bertz CT molecular complexity index is 831. The van der Waals surface area contributed by atoms with Gasteiger partial charge < -0.3 is 9.84 Å². The minimum Gasteiger partial charge on any atom is -0.494 e. The number of carboxylic acid groups (broad SMARTS) is 1. The highest BCUT2D eigenvalue weighted by Crippen LogP contribution is 2.39. The summed E-state index contributed by atoms with van der Waals surface area (Å²) in [7, 11) is 0. The van der Waals surface area contributed by atoms with E-state index < -0.39 is 5.97 Å². The second-order valence-electron chi connectivity index (χ2n) is 7.61. The second-order valence-corrected chi connectivity index (χ2v) is 8.05. The highest BCUT2D eigenvalue weighted by atomic mass is 35.5. The van der Waals surface area contributed by atoms with Crippen molar-refractivity contribution in [3.05, 3.63) is 63.7 Å². The van der Waals surface area contributed by atoms with Gasteiger partial charge in [-0.2, -0.15) is 0 Å². The Morgan fingerprint density at radius 1 is 1.25 bits per heavy atom. The van der Waals surface area contributed by atoms with E-state index in [2.05, 4.69) is 36.9 Å². The van der Waals surface area contributed by atoms with E-state index in [0.29, 0.717) is 18.2 Å². The molecule has 0 radical (unpaired) electrons. The molecule has 2 aromatic rings. The zero-order valence-electron chi connectivity index (χ0n) is 16.7. The molecule has 1 fully saturated rings. The van der Waals surface area contributed by atoms with Gasteiger partial charge in [0.25, 0.3) is 0 Å². The summed E-state index contributed by atoms with van der Waals surface area (Å²) in [5, 5.41) is 10.2. The quantitative estimate of drug-likeness (QED) is 0.718. The Kier molecular flexibility index (Phi) is 6.63. The van der Waals surface area contributed by atoms with Crippen molar-refractivity contribution in [1.29, 1.82) is 0 Å². The molecule has 1 aliphatic heterocycles. The molecule has 28 heavy (non-hydrogen) atoms. The number of hydrogen-bond acceptors (Lipinski definition) is 3. The van der Waals surface area contributed by atoms with E-state index in [-0.39, 0.29) is 12.0 Å². The van der Waals surface area contributed by atoms with E-state index in [4.69, 9.17) is 16.3 Å². The van der Waals surface area contributed by atoms with E-state index >= 15 is 0 Å². The van der Waals surface area contributed by atoms with Crippen LogP contribution >= 0.6 is 11.6 Å². The van der Waals surface area contributed by atoms with Crippen LogP contribution in [0.2, 0.25) is 5.02 Å². The Labute approximate surface area is 172 Å². The standard InChI is InChI=1S/C23H28ClNO3/c1-4-28-21-8-7-19(24)13-20(21)22(18-11-15(2)10-16(3)12-18)25-9-5-6-17(14-25)23(26)27/h7-8,10-13,17,22H,4-6,9,14H2,1-3H3,(H,26,27). The third kappa shape index (κ3) is 4.68. The molecule has 3 rings (SSSR count). The van der Waals surface area contributed by atoms with Crippen LogP contribution in [0, 0.1) is 19.8 Å². The molecule has 0 spiro atoms. The molecule has 2 unspecified atom stereocenters. The normalized spacial score (nSPS) is 18.6. The Hall–Kier alpha value is -2.04. The maximum absolute atomic E-state index is 11.7. The summed E-state index contributed by atoms with van der Waals surface area (Å²) in [4.78, 5) is 13.9. The van der Waals surface area contributed by atoms with Crippen LogP contribution in [-0.2, 0) is 4.79 Å². The number of rotatable bonds is 6. The number of carbonyl (C=O) groups is 1. The van der Waals surface area contributed by atoms with Gasteiger partial charge in [0.2, 0.25) is 0 Å². The number of ether oxygens (including phenoxy) is 1. The lowest BCUT2D eigenvalue weighted by atomic mass is 9.89. The molecular weight excluding hydrogens is 374 g/mol. The van der Waals surface area contributed by atoms with Gasteiger partial charge in [-0.15, -0.1) is 0 Å². The zero-order valence-corrected chi connectivity index (χ0v) is 17.5. The van der Waals surface area contributed by atoms with E-state index in [1.165, 1.54) is 11.1 Å². The van der Waals surface area contributed by atoms with Crippen molar-refractivity contribution in [1.82, 2.24) is 4.90 Å². The number of aliphatic carboxylic acids is 1. The van der Waals surface area contributed by atoms with Crippen LogP contribution in [0.1, 0.15) is 48.1 Å². The number of likely N-dealkylation sites (tertiary alicyclic amines) is 1. The maximum Gasteiger partial charge on any atom is 0.307 e. The molecule has 0 aromatic heterocycles. The van der Waals surface area contributed by atoms with E-state index in [1.54, 1.807) is 0 Å². The Morgan fingerprint density at radius 3 is 2.61 bits per heavy atom. The van der Waals surface area contributed by atoms with Crippen LogP contribution in [0.4, 0.5) is 0 Å². The minimum atomic E-state index is -0.722. The topological polar surface area (TPSA) is 49.8 Å². The third-order valence-corrected chi connectivity index (χ3v) is 5.53. The Morgan fingerprint density at radius 2 is 1.96 bits per heavy atom. The third-order valence-electron chi connectivity index (χ3n) is 5.29. The largest absolute Gasteiger partial charge is 0.494 e. The van der Waals surface area contributed by atoms with Gasteiger partial charge in [0.15, 0.2) is 0 Å². The molecule has 0 bridgehead atoms. The number of halogens is 1. The predicted octanol–water partition coefficient (Wildman–Crippen LogP) is 5.24. The molecule has 1 N–H and O–H groups in total. The Balaban J connectivity index is 2.12. The molecular formula is C23H28ClNO3. The van der Waals surface area contributed by atoms with Crippen molar-refractivity contribution in [2.24, 2.45) is 5.92 Å². The second kappa shape index (κ2) is 8.97. The van der Waals surface area contributed by atoms with Gasteiger partial charge in [0.05, 0.1) is 18.6 Å². The van der Waals surface area contributed by atoms with Gasteiger partial charge in [-0.25, -0.2) is 0 Å². The maximum atomic E-state index is 11.7. The molecule has 2 aromatic carbocycles. The lowest BCUT2D eigenvalue weighted by Crippen LogP contribution is -2.41. The summed E-state index contributed by atoms with van der Waals surface area (Å²) in [6.45, 7) is 8.07. The molecule has 0 amide bonds. The van der Waals surface area contributed by atoms with E-state index in [1.807, 2.05) is 25.1 Å². The first kappa shape index (κ1) is 20.7. The average molecular weight is 402 g/mol. The van der Waals surface area contributed by atoms with Gasteiger partial charge >= 0.3 is 5.97 Å². The lowest BCUT2D eigenvalue weighted by molar-refractivity contribution is -0.143. The van der Waals surface area contributed by atoms with Crippen LogP contribution in [0.25, 0.3) is 0 Å². The van der Waals surface area contributed by atoms with Gasteiger partial charge in [-0.05, 0) is 63.9 Å². The molecule has 1 saturated heterocycles. The highest BCUT2D eigenvalue weighted by Gasteiger charge is 2.33. The fourth-order valence-electron chi connectivity index (χ4n) is 4.22. The lowest BCUT2D eigenvalue weighted by Gasteiger charge is -2.38. The number of hydrogen-bond donors (Lipinski definition) is 1. The molecule has 1 aliphatic rings. The first-order valence-corrected chi connectivity index (χ1v) is 10.2. The van der Waals surface area contributed by atoms with Crippen LogP contribution in [0.15, 0.2) is 36.4 Å². The smallest absolute Gasteiger partial charge is 0.307 e. The molecule has 1 heterocycles. The number of carboxylic acids is 1. The fraction of sp³-hybridized carbons (Fsp3) is 0.435. The average Bonchev–Trinajstić information content (AvgIpc) is 2.64. The summed E-state index contributed by atoms with van der Waals surface area (Å²) < 4.78 is 5.92. The number of aryl methyl sites for hydroxylation is 2. The molecule has 150 valence electrons. The van der Waals surface area contributed by atoms with E-state index in [0.717, 1.165) is 36.3 Å². The van der Waals surface area contributed by atoms with Crippen molar-refractivity contribution in [3.63, 3.8) is 0 Å². The molecule has 4 nitrogen and oxygen atoms in total. The molecule has 0 aliphatic carbocycles. The predicted molar refractivity (Wildman–Crippen MR) is 112 cm³/mol. The van der Waals surface area contributed by atoms with Gasteiger partial charge in [0, 0.05) is 17.1 Å². The van der Waals surface area contributed by atoms with Crippen LogP contribution in [-0.4, -0.2) is 35.7 Å². The molecule has 5 heteroatoms. The van der Waals surface area contributed by atoms with Crippen LogP contribution < -0.4 is 4.74 Å². The summed E-state index contributed by atoms with van der Waals surface area (Å²) in [6.07, 6.45) is 1.59. The van der Waals surface area contributed by atoms with Gasteiger partial charge in [-0.3, -0.25) is 9.69 Å². The number of piperidine rings is 1. The summed E-state index contributed by atoms with van der Waals surface area (Å²) in [5.41, 5.74) is 4.51. The summed E-state index contributed by atoms with van der Waals surface area (Å²) in [6, 6.07) is 12.1. The summed E-state index contributed by atoms with van der Waals surface area (Å²) in [5.74, 6) is -0.273. The van der Waals surface area contributed by atoms with Crippen molar-refractivity contribution in [2.75, 3.05) is 19.7 Å². The van der Waals surface area contributed by atoms with Crippen LogP contribution in [0.5, 0.6) is 5.75 Å². The molecule has 0 saturated carbocycles. The monoisotopic (exact) mass is 401 g/mol. The van der Waals surface area contributed by atoms with Crippen LogP contribution in [0.3, 0.4) is 0 Å². The van der Waals surface area contributed by atoms with Gasteiger partial charge in [-0.1, -0.05) is 40.9 Å². The van der Waals surface area contributed by atoms with Crippen molar-refractivity contribution in [2.45, 2.75) is 39.7 Å². The number of nitrogens with zero attached hydrogens (tertiary/aromatic N) is 1. The highest BCUT2D eigenvalue weighted by molar-refractivity contribution is 6.30. The fourth-order valence-corrected chi connectivity index (χ4v) is 4.40. The van der Waals surface area contributed by atoms with E-state index in [9.17, 15) is 9.90 Å². The first-order valence-electron chi connectivity index (χ1n) is 9.86. The van der Waals surface area contributed by atoms with Crippen molar-refractivity contribution >= 4 is 17.6 Å².